The topological polar surface area (TPSA) is 153 Å². The van der Waals surface area contributed by atoms with Gasteiger partial charge in [-0.2, -0.15) is 0 Å². The predicted molar refractivity (Wildman–Crippen MR) is 114 cm³/mol. The van der Waals surface area contributed by atoms with Crippen molar-refractivity contribution in [1.82, 2.24) is 19.9 Å². The molecule has 4 aromatic rings. The number of fused-ring (bicyclic) bond motifs is 1. The minimum absolute atomic E-state index is 0.00538. The van der Waals surface area contributed by atoms with E-state index in [9.17, 15) is 8.42 Å². The molecule has 0 aliphatic rings. The molecule has 150 valence electrons. The zero-order valence-corrected chi connectivity index (χ0v) is 16.7. The van der Waals surface area contributed by atoms with Crippen LogP contribution in [0.15, 0.2) is 59.9 Å². The molecule has 0 radical (unpaired) electrons. The molecular formula is C19H21N7O2S. The van der Waals surface area contributed by atoms with Crippen LogP contribution < -0.4 is 16.2 Å². The number of nitrogens with one attached hydrogen (secondary N) is 2. The van der Waals surface area contributed by atoms with Gasteiger partial charge in [0.05, 0.1) is 33.5 Å². The molecule has 2 aromatic carbocycles. The number of hydrogen-bond donors (Lipinski definition) is 4. The van der Waals surface area contributed by atoms with Crippen LogP contribution in [-0.2, 0) is 10.0 Å². The average molecular weight is 411 g/mol. The molecule has 4 rings (SSSR count). The van der Waals surface area contributed by atoms with Crippen LogP contribution in [0.4, 0.5) is 17.3 Å². The molecule has 0 aliphatic heterocycles. The van der Waals surface area contributed by atoms with Crippen LogP contribution in [0.2, 0.25) is 0 Å². The van der Waals surface area contributed by atoms with Crippen LogP contribution in [0.5, 0.6) is 0 Å². The van der Waals surface area contributed by atoms with E-state index in [0.29, 0.717) is 28.1 Å². The zero-order chi connectivity index (χ0) is 21.0. The lowest BCUT2D eigenvalue weighted by Crippen LogP contribution is -2.12. The third kappa shape index (κ3) is 4.33. The number of anilines is 3. The lowest BCUT2D eigenvalue weighted by molar-refractivity contribution is 0.598. The van der Waals surface area contributed by atoms with E-state index in [4.69, 9.17) is 10.9 Å². The van der Waals surface area contributed by atoms with Crippen molar-refractivity contribution in [2.75, 3.05) is 11.1 Å². The van der Waals surface area contributed by atoms with E-state index in [0.717, 1.165) is 5.52 Å². The van der Waals surface area contributed by atoms with E-state index in [2.05, 4.69) is 25.3 Å². The lowest BCUT2D eigenvalue weighted by Gasteiger charge is -2.09. The summed E-state index contributed by atoms with van der Waals surface area (Å²) in [5.41, 5.74) is 9.99. The number of sulfonamides is 1. The van der Waals surface area contributed by atoms with E-state index in [1.54, 1.807) is 36.8 Å². The molecule has 0 bridgehead atoms. The molecule has 29 heavy (non-hydrogen) atoms. The molecule has 0 unspecified atom stereocenters. The molecule has 0 aliphatic carbocycles. The minimum Gasteiger partial charge on any atom is -0.398 e. The first-order valence-corrected chi connectivity index (χ1v) is 10.4. The SMILES string of the molecule is CC.Nc1ccc2[nH]cnc2c1-c1ccnc(Nc2cccc(S(N)(=O)=O)c2)n1. The molecule has 6 N–H and O–H groups in total. The van der Waals surface area contributed by atoms with Gasteiger partial charge < -0.3 is 16.0 Å². The van der Waals surface area contributed by atoms with E-state index in [1.165, 1.54) is 12.1 Å². The quantitative estimate of drug-likeness (QED) is 0.376. The number of benzene rings is 2. The van der Waals surface area contributed by atoms with Gasteiger partial charge in [-0.15, -0.1) is 0 Å². The average Bonchev–Trinajstić information content (AvgIpc) is 3.18. The number of nitrogens with zero attached hydrogens (tertiary/aromatic N) is 3. The van der Waals surface area contributed by atoms with Gasteiger partial charge in [0.15, 0.2) is 0 Å². The fourth-order valence-corrected chi connectivity index (χ4v) is 3.29. The summed E-state index contributed by atoms with van der Waals surface area (Å²) in [6.45, 7) is 4.00. The van der Waals surface area contributed by atoms with Crippen molar-refractivity contribution in [3.63, 3.8) is 0 Å². The van der Waals surface area contributed by atoms with Crippen LogP contribution in [0, 0.1) is 0 Å². The van der Waals surface area contributed by atoms with E-state index in [-0.39, 0.29) is 10.8 Å². The molecular weight excluding hydrogens is 390 g/mol. The van der Waals surface area contributed by atoms with Crippen LogP contribution in [-0.4, -0.2) is 28.4 Å². The highest BCUT2D eigenvalue weighted by atomic mass is 32.2. The summed E-state index contributed by atoms with van der Waals surface area (Å²) in [7, 11) is -3.80. The highest BCUT2D eigenvalue weighted by molar-refractivity contribution is 7.89. The second-order valence-corrected chi connectivity index (χ2v) is 7.35. The lowest BCUT2D eigenvalue weighted by atomic mass is 10.1. The molecule has 0 atom stereocenters. The Bertz CT molecular complexity index is 1250. The Labute approximate surface area is 168 Å². The van der Waals surface area contributed by atoms with Crippen molar-refractivity contribution in [1.29, 1.82) is 0 Å². The number of imidazole rings is 1. The monoisotopic (exact) mass is 411 g/mol. The van der Waals surface area contributed by atoms with Crippen molar-refractivity contribution >= 4 is 38.4 Å². The number of rotatable bonds is 4. The molecule has 0 fully saturated rings. The zero-order valence-electron chi connectivity index (χ0n) is 15.9. The first-order valence-electron chi connectivity index (χ1n) is 8.87. The van der Waals surface area contributed by atoms with Crippen molar-refractivity contribution in [2.45, 2.75) is 18.7 Å². The maximum atomic E-state index is 11.5. The first-order chi connectivity index (χ1) is 13.9. The van der Waals surface area contributed by atoms with Crippen LogP contribution in [0.3, 0.4) is 0 Å². The number of nitrogen functional groups attached to an aromatic ring is 1. The highest BCUT2D eigenvalue weighted by Crippen LogP contribution is 2.31. The van der Waals surface area contributed by atoms with Gasteiger partial charge in [-0.05, 0) is 36.4 Å². The summed E-state index contributed by atoms with van der Waals surface area (Å²) in [6.07, 6.45) is 3.17. The van der Waals surface area contributed by atoms with E-state index in [1.807, 2.05) is 19.9 Å². The fourth-order valence-electron chi connectivity index (χ4n) is 2.73. The van der Waals surface area contributed by atoms with Crippen LogP contribution in [0.1, 0.15) is 13.8 Å². The molecule has 0 spiro atoms. The van der Waals surface area contributed by atoms with Gasteiger partial charge in [0.25, 0.3) is 0 Å². The third-order valence-corrected chi connectivity index (χ3v) is 4.87. The number of hydrogen-bond acceptors (Lipinski definition) is 7. The smallest absolute Gasteiger partial charge is 0.238 e. The Kier molecular flexibility index (Phi) is 5.76. The largest absolute Gasteiger partial charge is 0.398 e. The molecule has 2 heterocycles. The Morgan fingerprint density at radius 3 is 2.62 bits per heavy atom. The van der Waals surface area contributed by atoms with Crippen molar-refractivity contribution in [3.05, 3.63) is 55.0 Å². The normalized spacial score (nSPS) is 11.0. The first kappa shape index (κ1) is 20.2. The minimum atomic E-state index is -3.80. The maximum absolute atomic E-state index is 11.5. The van der Waals surface area contributed by atoms with E-state index >= 15 is 0 Å². The van der Waals surface area contributed by atoms with Gasteiger partial charge in [0, 0.05) is 17.6 Å². The van der Waals surface area contributed by atoms with Crippen molar-refractivity contribution in [2.24, 2.45) is 5.14 Å². The maximum Gasteiger partial charge on any atom is 0.238 e. The predicted octanol–water partition coefficient (Wildman–Crippen LogP) is 3.02. The summed E-state index contributed by atoms with van der Waals surface area (Å²) in [5, 5.41) is 8.14. The van der Waals surface area contributed by atoms with Gasteiger partial charge in [-0.25, -0.2) is 28.5 Å². The molecule has 9 nitrogen and oxygen atoms in total. The standard InChI is InChI=1S/C17H15N7O2S.C2H6/c18-12-4-5-14-16(22-9-21-14)15(12)13-6-7-20-17(24-13)23-10-2-1-3-11(8-10)27(19,25)26;1-2/h1-9H,18H2,(H,21,22)(H2,19,25,26)(H,20,23,24);1-2H3. The summed E-state index contributed by atoms with van der Waals surface area (Å²) < 4.78 is 23.0. The summed E-state index contributed by atoms with van der Waals surface area (Å²) >= 11 is 0. The second-order valence-electron chi connectivity index (χ2n) is 5.79. The summed E-state index contributed by atoms with van der Waals surface area (Å²) in [6, 6.07) is 11.4. The Morgan fingerprint density at radius 1 is 1.07 bits per heavy atom. The fraction of sp³-hybridized carbons (Fsp3) is 0.105. The number of aromatic amines is 1. The molecule has 0 saturated heterocycles. The van der Waals surface area contributed by atoms with Crippen molar-refractivity contribution < 1.29 is 8.42 Å². The van der Waals surface area contributed by atoms with Gasteiger partial charge in [-0.3, -0.25) is 0 Å². The number of aromatic nitrogens is 4. The molecule has 0 amide bonds. The number of nitrogens with two attached hydrogens (primary N) is 2. The number of primary sulfonamides is 1. The van der Waals surface area contributed by atoms with Crippen LogP contribution >= 0.6 is 0 Å². The second kappa shape index (κ2) is 8.25. The highest BCUT2D eigenvalue weighted by Gasteiger charge is 2.13. The van der Waals surface area contributed by atoms with Gasteiger partial charge >= 0.3 is 0 Å². The Morgan fingerprint density at radius 2 is 1.86 bits per heavy atom. The van der Waals surface area contributed by atoms with Crippen molar-refractivity contribution in [3.8, 4) is 11.3 Å². The Balaban J connectivity index is 0.00000117. The van der Waals surface area contributed by atoms with Gasteiger partial charge in [0.2, 0.25) is 16.0 Å². The van der Waals surface area contributed by atoms with Crippen LogP contribution in [0.25, 0.3) is 22.3 Å². The van der Waals surface area contributed by atoms with Gasteiger partial charge in [0.1, 0.15) is 0 Å². The third-order valence-electron chi connectivity index (χ3n) is 3.95. The number of H-pyrrole nitrogens is 1. The molecule has 10 heteroatoms. The Hall–Kier alpha value is -3.50. The van der Waals surface area contributed by atoms with E-state index < -0.39 is 10.0 Å². The molecule has 2 aromatic heterocycles. The van der Waals surface area contributed by atoms with Gasteiger partial charge in [-0.1, -0.05) is 19.9 Å². The molecule has 0 saturated carbocycles. The summed E-state index contributed by atoms with van der Waals surface area (Å²) in [5.74, 6) is 0.283. The summed E-state index contributed by atoms with van der Waals surface area (Å²) in [4.78, 5) is 16.0.